The molecule has 1 atom stereocenters. The van der Waals surface area contributed by atoms with Crippen molar-refractivity contribution in [2.45, 2.75) is 31.1 Å². The van der Waals surface area contributed by atoms with Crippen molar-refractivity contribution in [2.75, 3.05) is 18.2 Å². The number of rotatable bonds is 8. The molecule has 0 aromatic heterocycles. The van der Waals surface area contributed by atoms with Crippen molar-refractivity contribution in [1.82, 2.24) is 0 Å². The van der Waals surface area contributed by atoms with Gasteiger partial charge in [0.1, 0.15) is 5.75 Å². The number of unbranched alkanes of at least 4 members (excludes halogenated alkanes) is 2. The van der Waals surface area contributed by atoms with E-state index in [-0.39, 0.29) is 5.91 Å². The van der Waals surface area contributed by atoms with Crippen molar-refractivity contribution < 1.29 is 13.7 Å². The van der Waals surface area contributed by atoms with Crippen LogP contribution in [-0.4, -0.2) is 23.0 Å². The molecule has 0 bridgehead atoms. The molecule has 2 aromatic carbocycles. The molecule has 24 heavy (non-hydrogen) atoms. The van der Waals surface area contributed by atoms with Crippen molar-refractivity contribution in [3.8, 4) is 5.75 Å². The van der Waals surface area contributed by atoms with Crippen molar-refractivity contribution in [3.63, 3.8) is 0 Å². The third-order valence-electron chi connectivity index (χ3n) is 3.58. The van der Waals surface area contributed by atoms with Gasteiger partial charge in [0.2, 0.25) is 0 Å². The number of carbonyl (C=O) groups excluding carboxylic acids is 1. The molecule has 0 fully saturated rings. The first-order chi connectivity index (χ1) is 11.6. The number of ether oxygens (including phenoxy) is 1. The number of nitrogens with one attached hydrogen (secondary N) is 1. The third-order valence-corrected chi connectivity index (χ3v) is 4.55. The first-order valence-electron chi connectivity index (χ1n) is 8.08. The van der Waals surface area contributed by atoms with Gasteiger partial charge in [-0.1, -0.05) is 31.9 Å². The molecule has 0 spiro atoms. The Labute approximate surface area is 145 Å². The van der Waals surface area contributed by atoms with Crippen LogP contribution in [0.25, 0.3) is 0 Å². The zero-order valence-electron chi connectivity index (χ0n) is 14.1. The fourth-order valence-electron chi connectivity index (χ4n) is 2.26. The highest BCUT2D eigenvalue weighted by atomic mass is 32.2. The van der Waals surface area contributed by atoms with E-state index in [1.165, 1.54) is 0 Å². The lowest BCUT2D eigenvalue weighted by Gasteiger charge is -2.10. The van der Waals surface area contributed by atoms with Crippen LogP contribution in [0.3, 0.4) is 0 Å². The SMILES string of the molecule is CCCCCOc1ccc(C(=O)Nc2ccccc2[S@@](C)=O)cc1. The molecule has 1 amide bonds. The fraction of sp³-hybridized carbons (Fsp3) is 0.316. The van der Waals surface area contributed by atoms with Crippen LogP contribution in [0, 0.1) is 0 Å². The van der Waals surface area contributed by atoms with E-state index < -0.39 is 10.8 Å². The lowest BCUT2D eigenvalue weighted by Crippen LogP contribution is -2.13. The number of para-hydroxylation sites is 1. The molecule has 0 aliphatic rings. The predicted molar refractivity (Wildman–Crippen MR) is 98.2 cm³/mol. The first-order valence-corrected chi connectivity index (χ1v) is 9.64. The summed E-state index contributed by atoms with van der Waals surface area (Å²) < 4.78 is 17.4. The second-order valence-electron chi connectivity index (χ2n) is 5.48. The number of hydrogen-bond acceptors (Lipinski definition) is 3. The van der Waals surface area contributed by atoms with E-state index in [0.29, 0.717) is 22.8 Å². The van der Waals surface area contributed by atoms with Crippen LogP contribution in [0.2, 0.25) is 0 Å². The quantitative estimate of drug-likeness (QED) is 0.728. The normalized spacial score (nSPS) is 11.8. The maximum absolute atomic E-state index is 12.3. The van der Waals surface area contributed by atoms with E-state index in [9.17, 15) is 9.00 Å². The Morgan fingerprint density at radius 3 is 2.46 bits per heavy atom. The molecular weight excluding hydrogens is 322 g/mol. The molecule has 2 aromatic rings. The van der Waals surface area contributed by atoms with Crippen LogP contribution >= 0.6 is 0 Å². The Balaban J connectivity index is 1.99. The number of carbonyl (C=O) groups is 1. The van der Waals surface area contributed by atoms with Gasteiger partial charge in [0.25, 0.3) is 5.91 Å². The van der Waals surface area contributed by atoms with Crippen molar-refractivity contribution in [3.05, 3.63) is 54.1 Å². The summed E-state index contributed by atoms with van der Waals surface area (Å²) in [5.41, 5.74) is 1.11. The van der Waals surface area contributed by atoms with Gasteiger partial charge >= 0.3 is 0 Å². The van der Waals surface area contributed by atoms with Gasteiger partial charge in [-0.15, -0.1) is 0 Å². The zero-order valence-corrected chi connectivity index (χ0v) is 14.9. The predicted octanol–water partition coefficient (Wildman–Crippen LogP) is 4.25. The minimum Gasteiger partial charge on any atom is -0.494 e. The molecular formula is C19H23NO3S. The highest BCUT2D eigenvalue weighted by molar-refractivity contribution is 7.84. The summed E-state index contributed by atoms with van der Waals surface area (Å²) in [6.45, 7) is 2.84. The van der Waals surface area contributed by atoms with Crippen LogP contribution in [-0.2, 0) is 10.8 Å². The maximum Gasteiger partial charge on any atom is 0.255 e. The van der Waals surface area contributed by atoms with Crippen LogP contribution in [0.15, 0.2) is 53.4 Å². The van der Waals surface area contributed by atoms with E-state index in [4.69, 9.17) is 4.74 Å². The van der Waals surface area contributed by atoms with Crippen LogP contribution in [0.1, 0.15) is 36.5 Å². The van der Waals surface area contributed by atoms with E-state index in [0.717, 1.165) is 25.0 Å². The first kappa shape index (κ1) is 18.2. The summed E-state index contributed by atoms with van der Waals surface area (Å²) in [5.74, 6) is 0.531. The number of anilines is 1. The van der Waals surface area contributed by atoms with Crippen molar-refractivity contribution in [1.29, 1.82) is 0 Å². The molecule has 0 aliphatic carbocycles. The summed E-state index contributed by atoms with van der Waals surface area (Å²) in [4.78, 5) is 13.0. The van der Waals surface area contributed by atoms with Crippen molar-refractivity contribution in [2.24, 2.45) is 0 Å². The molecule has 0 saturated carbocycles. The second kappa shape index (κ2) is 9.23. The monoisotopic (exact) mass is 345 g/mol. The number of amides is 1. The molecule has 0 heterocycles. The standard InChI is InChI=1S/C19H23NO3S/c1-3-4-7-14-23-16-12-10-15(11-13-16)19(21)20-17-8-5-6-9-18(17)24(2)22/h5-6,8-13H,3-4,7,14H2,1-2H3,(H,20,21)/t24-/m1/s1. The van der Waals surface area contributed by atoms with Gasteiger partial charge in [0.15, 0.2) is 0 Å². The summed E-state index contributed by atoms with van der Waals surface area (Å²) in [6, 6.07) is 14.2. The second-order valence-corrected chi connectivity index (χ2v) is 6.83. The van der Waals surface area contributed by atoms with E-state index >= 15 is 0 Å². The Bertz CT molecular complexity index is 698. The molecule has 1 N–H and O–H groups in total. The van der Waals surface area contributed by atoms with Crippen molar-refractivity contribution >= 4 is 22.4 Å². The number of hydrogen-bond donors (Lipinski definition) is 1. The van der Waals surface area contributed by atoms with Gasteiger partial charge < -0.3 is 10.1 Å². The third kappa shape index (κ3) is 5.20. The molecule has 0 unspecified atom stereocenters. The summed E-state index contributed by atoms with van der Waals surface area (Å²) in [6.07, 6.45) is 4.94. The molecule has 2 rings (SSSR count). The fourth-order valence-corrected chi connectivity index (χ4v) is 2.96. The van der Waals surface area contributed by atoms with Gasteiger partial charge in [0.05, 0.1) is 28.0 Å². The molecule has 5 heteroatoms. The van der Waals surface area contributed by atoms with Crippen LogP contribution in [0.5, 0.6) is 5.75 Å². The topological polar surface area (TPSA) is 55.4 Å². The molecule has 4 nitrogen and oxygen atoms in total. The molecule has 0 radical (unpaired) electrons. The van der Waals surface area contributed by atoms with E-state index in [1.54, 1.807) is 54.8 Å². The Morgan fingerprint density at radius 1 is 1.08 bits per heavy atom. The Morgan fingerprint density at radius 2 is 1.79 bits per heavy atom. The van der Waals surface area contributed by atoms with Gasteiger partial charge in [-0.3, -0.25) is 9.00 Å². The maximum atomic E-state index is 12.3. The minimum atomic E-state index is -1.16. The van der Waals surface area contributed by atoms with E-state index in [2.05, 4.69) is 12.2 Å². The lowest BCUT2D eigenvalue weighted by molar-refractivity contribution is 0.102. The highest BCUT2D eigenvalue weighted by Gasteiger charge is 2.10. The molecule has 0 saturated heterocycles. The summed E-state index contributed by atoms with van der Waals surface area (Å²) in [5, 5.41) is 2.81. The van der Waals surface area contributed by atoms with Gasteiger partial charge in [-0.05, 0) is 42.8 Å². The average Bonchev–Trinajstić information content (AvgIpc) is 2.59. The Kier molecular flexibility index (Phi) is 7.00. The van der Waals surface area contributed by atoms with Gasteiger partial charge in [-0.25, -0.2) is 0 Å². The zero-order chi connectivity index (χ0) is 17.4. The van der Waals surface area contributed by atoms with E-state index in [1.807, 2.05) is 0 Å². The smallest absolute Gasteiger partial charge is 0.255 e. The Hall–Kier alpha value is -2.14. The molecule has 128 valence electrons. The average molecular weight is 345 g/mol. The lowest BCUT2D eigenvalue weighted by atomic mass is 10.2. The van der Waals surface area contributed by atoms with Crippen LogP contribution < -0.4 is 10.1 Å². The largest absolute Gasteiger partial charge is 0.494 e. The minimum absolute atomic E-state index is 0.231. The van der Waals surface area contributed by atoms with Gasteiger partial charge in [-0.2, -0.15) is 0 Å². The van der Waals surface area contributed by atoms with Gasteiger partial charge in [0, 0.05) is 11.8 Å². The number of benzene rings is 2. The van der Waals surface area contributed by atoms with Crippen LogP contribution in [0.4, 0.5) is 5.69 Å². The summed E-state index contributed by atoms with van der Waals surface area (Å²) >= 11 is 0. The molecule has 0 aliphatic heterocycles. The highest BCUT2D eigenvalue weighted by Crippen LogP contribution is 2.20. The summed E-state index contributed by atoms with van der Waals surface area (Å²) in [7, 11) is -1.16.